The number of aromatic nitrogens is 3. The fourth-order valence-corrected chi connectivity index (χ4v) is 4.60. The first-order chi connectivity index (χ1) is 13.2. The van der Waals surface area contributed by atoms with Gasteiger partial charge in [-0.1, -0.05) is 17.8 Å². The zero-order chi connectivity index (χ0) is 20.5. The molecule has 1 N–H and O–H groups in total. The van der Waals surface area contributed by atoms with Gasteiger partial charge >= 0.3 is 0 Å². The van der Waals surface area contributed by atoms with Crippen molar-refractivity contribution in [2.24, 2.45) is 0 Å². The van der Waals surface area contributed by atoms with Gasteiger partial charge in [0.15, 0.2) is 5.16 Å². The van der Waals surface area contributed by atoms with Crippen molar-refractivity contribution in [3.63, 3.8) is 0 Å². The number of benzene rings is 1. The number of carbonyl (C=O) groups excluding carboxylic acids is 1. The number of anilines is 1. The van der Waals surface area contributed by atoms with Crippen molar-refractivity contribution >= 4 is 33.4 Å². The second-order valence-corrected chi connectivity index (χ2v) is 10.4. The maximum atomic E-state index is 12.6. The largest absolute Gasteiger partial charge is 0.325 e. The summed E-state index contributed by atoms with van der Waals surface area (Å²) in [6.07, 6.45) is 2.29. The minimum atomic E-state index is -3.56. The molecule has 1 aromatic heterocycles. The summed E-state index contributed by atoms with van der Waals surface area (Å²) in [4.78, 5) is 12.7. The van der Waals surface area contributed by atoms with Gasteiger partial charge in [0.2, 0.25) is 15.9 Å². The third kappa shape index (κ3) is 4.39. The molecule has 0 bridgehead atoms. The molecule has 0 radical (unpaired) electrons. The van der Waals surface area contributed by atoms with Crippen LogP contribution in [0.15, 0.2) is 34.3 Å². The third-order valence-electron chi connectivity index (χ3n) is 4.54. The van der Waals surface area contributed by atoms with E-state index in [4.69, 9.17) is 0 Å². The maximum Gasteiger partial charge on any atom is 0.242 e. The Balaban J connectivity index is 1.70. The highest BCUT2D eigenvalue weighted by Crippen LogP contribution is 2.40. The molecule has 1 aliphatic rings. The molecule has 1 heterocycles. The van der Waals surface area contributed by atoms with Gasteiger partial charge in [-0.15, -0.1) is 10.2 Å². The van der Waals surface area contributed by atoms with Crippen LogP contribution in [0.4, 0.5) is 5.69 Å². The lowest BCUT2D eigenvalue weighted by Gasteiger charge is -2.15. The number of carbonyl (C=O) groups is 1. The lowest BCUT2D eigenvalue weighted by Crippen LogP contribution is -2.24. The first-order valence-corrected chi connectivity index (χ1v) is 11.5. The van der Waals surface area contributed by atoms with Gasteiger partial charge in [0.1, 0.15) is 5.82 Å². The minimum absolute atomic E-state index is 0.135. The van der Waals surface area contributed by atoms with Crippen molar-refractivity contribution in [2.45, 2.75) is 54.5 Å². The highest BCUT2D eigenvalue weighted by atomic mass is 32.2. The van der Waals surface area contributed by atoms with Gasteiger partial charge in [0.25, 0.3) is 0 Å². The quantitative estimate of drug-likeness (QED) is 0.656. The molecule has 8 nitrogen and oxygen atoms in total. The van der Waals surface area contributed by atoms with Crippen LogP contribution in [0.3, 0.4) is 0 Å². The van der Waals surface area contributed by atoms with Crippen molar-refractivity contribution in [1.82, 2.24) is 19.1 Å². The molecule has 2 aromatic rings. The van der Waals surface area contributed by atoms with E-state index in [1.807, 2.05) is 6.92 Å². The van der Waals surface area contributed by atoms with Gasteiger partial charge in [-0.2, -0.15) is 0 Å². The van der Waals surface area contributed by atoms with Gasteiger partial charge in [-0.25, -0.2) is 12.7 Å². The number of nitrogens with one attached hydrogen (secondary N) is 1. The zero-order valence-corrected chi connectivity index (χ0v) is 18.0. The van der Waals surface area contributed by atoms with Gasteiger partial charge in [0, 0.05) is 32.2 Å². The molecule has 0 spiro atoms. The van der Waals surface area contributed by atoms with Crippen LogP contribution in [-0.4, -0.2) is 52.7 Å². The predicted octanol–water partition coefficient (Wildman–Crippen LogP) is 2.55. The SMILES string of the molecule is CCn1c(S[C@H](C)C(=O)Nc2cccc(S(=O)(=O)N(C)C)c2)nnc1C1CC1. The smallest absolute Gasteiger partial charge is 0.242 e. The summed E-state index contributed by atoms with van der Waals surface area (Å²) in [6, 6.07) is 6.25. The van der Waals surface area contributed by atoms with E-state index in [1.54, 1.807) is 19.1 Å². The fraction of sp³-hybridized carbons (Fsp3) is 0.500. The van der Waals surface area contributed by atoms with Crippen LogP contribution in [0.1, 0.15) is 38.4 Å². The third-order valence-corrected chi connectivity index (χ3v) is 7.43. The van der Waals surface area contributed by atoms with E-state index >= 15 is 0 Å². The Morgan fingerprint density at radius 2 is 2.07 bits per heavy atom. The van der Waals surface area contributed by atoms with E-state index in [0.29, 0.717) is 11.6 Å². The number of hydrogen-bond acceptors (Lipinski definition) is 6. The van der Waals surface area contributed by atoms with E-state index < -0.39 is 15.3 Å². The molecule has 10 heteroatoms. The van der Waals surface area contributed by atoms with E-state index in [9.17, 15) is 13.2 Å². The molecule has 1 atom stereocenters. The van der Waals surface area contributed by atoms with Crippen LogP contribution in [-0.2, 0) is 21.4 Å². The summed E-state index contributed by atoms with van der Waals surface area (Å²) >= 11 is 1.35. The Morgan fingerprint density at radius 1 is 1.36 bits per heavy atom. The van der Waals surface area contributed by atoms with Crippen LogP contribution in [0.2, 0.25) is 0 Å². The molecule has 1 saturated carbocycles. The first kappa shape index (κ1) is 20.8. The van der Waals surface area contributed by atoms with Crippen LogP contribution in [0.25, 0.3) is 0 Å². The van der Waals surface area contributed by atoms with E-state index in [1.165, 1.54) is 38.0 Å². The molecule has 3 rings (SSSR count). The Hall–Kier alpha value is -1.91. The van der Waals surface area contributed by atoms with Crippen LogP contribution >= 0.6 is 11.8 Å². The van der Waals surface area contributed by atoms with Crippen LogP contribution < -0.4 is 5.32 Å². The molecule has 0 unspecified atom stereocenters. The highest BCUT2D eigenvalue weighted by Gasteiger charge is 2.30. The summed E-state index contributed by atoms with van der Waals surface area (Å²) in [5.74, 6) is 1.27. The Morgan fingerprint density at radius 3 is 2.68 bits per heavy atom. The standard InChI is InChI=1S/C18H25N5O3S2/c1-5-23-16(13-9-10-13)20-21-18(23)27-12(2)17(24)19-14-7-6-8-15(11-14)28(25,26)22(3)4/h6-8,11-13H,5,9-10H2,1-4H3,(H,19,24)/t12-/m1/s1. The van der Waals surface area contributed by atoms with Gasteiger partial charge in [0.05, 0.1) is 10.1 Å². The fourth-order valence-electron chi connectivity index (χ4n) is 2.73. The topological polar surface area (TPSA) is 97.2 Å². The second kappa shape index (κ2) is 8.22. The second-order valence-electron chi connectivity index (χ2n) is 6.92. The van der Waals surface area contributed by atoms with Gasteiger partial charge in [-0.05, 0) is 44.9 Å². The van der Waals surface area contributed by atoms with E-state index in [2.05, 4.69) is 20.1 Å². The Kier molecular flexibility index (Phi) is 6.11. The summed E-state index contributed by atoms with van der Waals surface area (Å²) in [5.41, 5.74) is 0.441. The highest BCUT2D eigenvalue weighted by molar-refractivity contribution is 8.00. The molecule has 28 heavy (non-hydrogen) atoms. The monoisotopic (exact) mass is 423 g/mol. The van der Waals surface area contributed by atoms with Crippen molar-refractivity contribution in [2.75, 3.05) is 19.4 Å². The molecular formula is C18H25N5O3S2. The van der Waals surface area contributed by atoms with Gasteiger partial charge < -0.3 is 9.88 Å². The maximum absolute atomic E-state index is 12.6. The molecule has 1 aliphatic carbocycles. The average molecular weight is 424 g/mol. The van der Waals surface area contributed by atoms with Crippen molar-refractivity contribution in [1.29, 1.82) is 0 Å². The summed E-state index contributed by atoms with van der Waals surface area (Å²) in [5, 5.41) is 11.7. The number of sulfonamides is 1. The van der Waals surface area contributed by atoms with Gasteiger partial charge in [-0.3, -0.25) is 4.79 Å². The molecule has 0 saturated heterocycles. The van der Waals surface area contributed by atoms with Crippen molar-refractivity contribution in [3.05, 3.63) is 30.1 Å². The molecule has 0 aliphatic heterocycles. The normalized spacial score (nSPS) is 15.6. The van der Waals surface area contributed by atoms with E-state index in [0.717, 1.165) is 34.7 Å². The Labute approximate surface area is 169 Å². The molecule has 1 amide bonds. The summed E-state index contributed by atoms with van der Waals surface area (Å²) in [7, 11) is -0.615. The molecular weight excluding hydrogens is 398 g/mol. The summed E-state index contributed by atoms with van der Waals surface area (Å²) in [6.45, 7) is 4.60. The number of nitrogens with zero attached hydrogens (tertiary/aromatic N) is 4. The number of hydrogen-bond donors (Lipinski definition) is 1. The number of amides is 1. The molecule has 1 aromatic carbocycles. The van der Waals surface area contributed by atoms with Crippen LogP contribution in [0.5, 0.6) is 0 Å². The zero-order valence-electron chi connectivity index (χ0n) is 16.4. The lowest BCUT2D eigenvalue weighted by atomic mass is 10.3. The van der Waals surface area contributed by atoms with E-state index in [-0.39, 0.29) is 10.8 Å². The van der Waals surface area contributed by atoms with Crippen LogP contribution in [0, 0.1) is 0 Å². The van der Waals surface area contributed by atoms with Crippen molar-refractivity contribution < 1.29 is 13.2 Å². The number of thioether (sulfide) groups is 1. The number of rotatable bonds is 8. The minimum Gasteiger partial charge on any atom is -0.325 e. The first-order valence-electron chi connectivity index (χ1n) is 9.17. The Bertz CT molecular complexity index is 967. The molecule has 1 fully saturated rings. The molecule has 152 valence electrons. The van der Waals surface area contributed by atoms with Crippen molar-refractivity contribution in [3.8, 4) is 0 Å². The average Bonchev–Trinajstić information content (AvgIpc) is 3.42. The predicted molar refractivity (Wildman–Crippen MR) is 109 cm³/mol. The summed E-state index contributed by atoms with van der Waals surface area (Å²) < 4.78 is 27.7. The lowest BCUT2D eigenvalue weighted by molar-refractivity contribution is -0.115.